The van der Waals surface area contributed by atoms with Crippen LogP contribution in [-0.4, -0.2) is 11.1 Å². The Balaban J connectivity index is 3.07. The average Bonchev–Trinajstić information content (AvgIpc) is 2.26. The van der Waals surface area contributed by atoms with Crippen LogP contribution in [0.1, 0.15) is 43.4 Å². The van der Waals surface area contributed by atoms with Crippen molar-refractivity contribution in [1.29, 1.82) is 0 Å². The molecular weight excluding hydrogens is 188 g/mol. The minimum atomic E-state index is -0.763. The number of carbonyl (C=O) groups is 1. The van der Waals surface area contributed by atoms with Gasteiger partial charge in [0.25, 0.3) is 0 Å². The van der Waals surface area contributed by atoms with Gasteiger partial charge in [-0.05, 0) is 36.5 Å². The zero-order valence-electron chi connectivity index (χ0n) is 9.58. The predicted octanol–water partition coefficient (Wildman–Crippen LogP) is 3.00. The summed E-state index contributed by atoms with van der Waals surface area (Å²) in [5.74, 6) is -1.18. The Morgan fingerprint density at radius 2 is 1.87 bits per heavy atom. The highest BCUT2D eigenvalue weighted by molar-refractivity contribution is 5.75. The lowest BCUT2D eigenvalue weighted by Gasteiger charge is -2.11. The first-order valence-electron chi connectivity index (χ1n) is 5.44. The normalized spacial score (nSPS) is 12.5. The van der Waals surface area contributed by atoms with E-state index in [2.05, 4.69) is 13.8 Å². The average molecular weight is 206 g/mol. The van der Waals surface area contributed by atoms with Crippen LogP contribution in [0, 0.1) is 0 Å². The van der Waals surface area contributed by atoms with Gasteiger partial charge in [-0.2, -0.15) is 0 Å². The van der Waals surface area contributed by atoms with E-state index in [1.807, 2.05) is 18.2 Å². The largest absolute Gasteiger partial charge is 0.481 e. The minimum Gasteiger partial charge on any atom is -0.481 e. The van der Waals surface area contributed by atoms with Crippen molar-refractivity contribution in [2.45, 2.75) is 39.5 Å². The summed E-state index contributed by atoms with van der Waals surface area (Å²) < 4.78 is 0. The van der Waals surface area contributed by atoms with Crippen LogP contribution in [0.15, 0.2) is 18.2 Å². The summed E-state index contributed by atoms with van der Waals surface area (Å²) in [4.78, 5) is 10.9. The molecule has 2 nitrogen and oxygen atoms in total. The van der Waals surface area contributed by atoms with E-state index in [1.54, 1.807) is 6.92 Å². The van der Waals surface area contributed by atoms with Gasteiger partial charge < -0.3 is 5.11 Å². The molecule has 82 valence electrons. The number of aryl methyl sites for hydroxylation is 2. The fourth-order valence-electron chi connectivity index (χ4n) is 1.73. The Kier molecular flexibility index (Phi) is 3.89. The van der Waals surface area contributed by atoms with Crippen molar-refractivity contribution in [3.05, 3.63) is 34.9 Å². The first-order valence-corrected chi connectivity index (χ1v) is 5.44. The number of carboxylic acids is 1. The third-order valence-electron chi connectivity index (χ3n) is 2.86. The molecule has 1 atom stereocenters. The molecule has 0 aliphatic carbocycles. The number of aliphatic carboxylic acids is 1. The van der Waals surface area contributed by atoms with E-state index in [1.165, 1.54) is 11.1 Å². The van der Waals surface area contributed by atoms with Gasteiger partial charge in [-0.1, -0.05) is 32.0 Å². The quantitative estimate of drug-likeness (QED) is 0.822. The van der Waals surface area contributed by atoms with Crippen molar-refractivity contribution in [2.75, 3.05) is 0 Å². The van der Waals surface area contributed by atoms with Gasteiger partial charge in [0.15, 0.2) is 0 Å². The lowest BCUT2D eigenvalue weighted by molar-refractivity contribution is -0.138. The second-order valence-corrected chi connectivity index (χ2v) is 3.80. The number of carboxylic acid groups (broad SMARTS) is 1. The van der Waals surface area contributed by atoms with E-state index in [0.29, 0.717) is 0 Å². The topological polar surface area (TPSA) is 37.3 Å². The van der Waals surface area contributed by atoms with Crippen molar-refractivity contribution >= 4 is 5.97 Å². The van der Waals surface area contributed by atoms with Crippen molar-refractivity contribution in [1.82, 2.24) is 0 Å². The van der Waals surface area contributed by atoms with E-state index in [9.17, 15) is 4.79 Å². The van der Waals surface area contributed by atoms with E-state index >= 15 is 0 Å². The van der Waals surface area contributed by atoms with Gasteiger partial charge in [-0.3, -0.25) is 4.79 Å². The van der Waals surface area contributed by atoms with Crippen LogP contribution in [-0.2, 0) is 17.6 Å². The fraction of sp³-hybridized carbons (Fsp3) is 0.462. The molecule has 0 amide bonds. The third kappa shape index (κ3) is 2.58. The molecule has 1 rings (SSSR count). The molecule has 0 heterocycles. The molecule has 0 radical (unpaired) electrons. The summed E-state index contributed by atoms with van der Waals surface area (Å²) in [5.41, 5.74) is 3.48. The molecule has 0 bridgehead atoms. The highest BCUT2D eigenvalue weighted by Gasteiger charge is 2.14. The molecule has 0 aliphatic heterocycles. The maximum atomic E-state index is 10.9. The molecule has 0 aromatic heterocycles. The lowest BCUT2D eigenvalue weighted by Crippen LogP contribution is -2.08. The van der Waals surface area contributed by atoms with Gasteiger partial charge in [0.1, 0.15) is 0 Å². The zero-order valence-corrected chi connectivity index (χ0v) is 9.58. The Morgan fingerprint density at radius 3 is 2.33 bits per heavy atom. The highest BCUT2D eigenvalue weighted by atomic mass is 16.4. The summed E-state index contributed by atoms with van der Waals surface area (Å²) in [7, 11) is 0. The lowest BCUT2D eigenvalue weighted by atomic mass is 9.94. The molecule has 1 aromatic carbocycles. The number of rotatable bonds is 4. The summed E-state index contributed by atoms with van der Waals surface area (Å²) in [6, 6.07) is 6.00. The number of hydrogen-bond donors (Lipinski definition) is 1. The predicted molar refractivity (Wildman–Crippen MR) is 61.2 cm³/mol. The molecule has 15 heavy (non-hydrogen) atoms. The summed E-state index contributed by atoms with van der Waals surface area (Å²) in [6.07, 6.45) is 1.97. The van der Waals surface area contributed by atoms with Crippen LogP contribution in [0.2, 0.25) is 0 Å². The van der Waals surface area contributed by atoms with E-state index in [-0.39, 0.29) is 0 Å². The van der Waals surface area contributed by atoms with Gasteiger partial charge in [0, 0.05) is 0 Å². The van der Waals surface area contributed by atoms with Gasteiger partial charge in [0.05, 0.1) is 5.92 Å². The van der Waals surface area contributed by atoms with Crippen LogP contribution < -0.4 is 0 Å². The molecular formula is C13H18O2. The first kappa shape index (κ1) is 11.8. The fourth-order valence-corrected chi connectivity index (χ4v) is 1.73. The summed E-state index contributed by atoms with van der Waals surface area (Å²) >= 11 is 0. The molecule has 1 aromatic rings. The van der Waals surface area contributed by atoms with E-state index in [0.717, 1.165) is 18.4 Å². The highest BCUT2D eigenvalue weighted by Crippen LogP contribution is 2.20. The van der Waals surface area contributed by atoms with Gasteiger partial charge in [0.2, 0.25) is 0 Å². The Hall–Kier alpha value is -1.31. The van der Waals surface area contributed by atoms with Crippen LogP contribution >= 0.6 is 0 Å². The van der Waals surface area contributed by atoms with Crippen molar-refractivity contribution in [2.24, 2.45) is 0 Å². The van der Waals surface area contributed by atoms with Crippen LogP contribution in [0.4, 0.5) is 0 Å². The van der Waals surface area contributed by atoms with Gasteiger partial charge in [-0.15, -0.1) is 0 Å². The van der Waals surface area contributed by atoms with Crippen molar-refractivity contribution in [3.63, 3.8) is 0 Å². The van der Waals surface area contributed by atoms with Crippen LogP contribution in [0.5, 0.6) is 0 Å². The van der Waals surface area contributed by atoms with Gasteiger partial charge >= 0.3 is 5.97 Å². The number of hydrogen-bond acceptors (Lipinski definition) is 1. The molecule has 1 N–H and O–H groups in total. The molecule has 1 unspecified atom stereocenters. The smallest absolute Gasteiger partial charge is 0.310 e. The monoisotopic (exact) mass is 206 g/mol. The summed E-state index contributed by atoms with van der Waals surface area (Å²) in [5, 5.41) is 8.93. The molecule has 0 saturated heterocycles. The standard InChI is InChI=1S/C13H18O2/c1-4-10-6-7-12(8-11(10)5-2)9(3)13(14)15/h6-9H,4-5H2,1-3H3,(H,14,15). The second kappa shape index (κ2) is 4.96. The maximum absolute atomic E-state index is 10.9. The molecule has 2 heteroatoms. The van der Waals surface area contributed by atoms with Crippen molar-refractivity contribution < 1.29 is 9.90 Å². The molecule has 0 spiro atoms. The summed E-state index contributed by atoms with van der Waals surface area (Å²) in [6.45, 7) is 5.95. The number of benzene rings is 1. The van der Waals surface area contributed by atoms with E-state index < -0.39 is 11.9 Å². The minimum absolute atomic E-state index is 0.416. The third-order valence-corrected chi connectivity index (χ3v) is 2.86. The Bertz CT molecular complexity index is 356. The van der Waals surface area contributed by atoms with E-state index in [4.69, 9.17) is 5.11 Å². The Labute approximate surface area is 90.9 Å². The first-order chi connectivity index (χ1) is 7.10. The van der Waals surface area contributed by atoms with Crippen molar-refractivity contribution in [3.8, 4) is 0 Å². The SMILES string of the molecule is CCc1ccc(C(C)C(=O)O)cc1CC. The maximum Gasteiger partial charge on any atom is 0.310 e. The zero-order chi connectivity index (χ0) is 11.4. The Morgan fingerprint density at radius 1 is 1.27 bits per heavy atom. The van der Waals surface area contributed by atoms with Gasteiger partial charge in [-0.25, -0.2) is 0 Å². The van der Waals surface area contributed by atoms with Crippen LogP contribution in [0.3, 0.4) is 0 Å². The molecule has 0 fully saturated rings. The molecule has 0 saturated carbocycles. The molecule has 0 aliphatic rings. The second-order valence-electron chi connectivity index (χ2n) is 3.80. The van der Waals surface area contributed by atoms with Crippen LogP contribution in [0.25, 0.3) is 0 Å².